The molecule has 0 aliphatic rings. The normalized spacial score (nSPS) is 12.9. The van der Waals surface area contributed by atoms with Crippen LogP contribution in [0.4, 0.5) is 0 Å². The summed E-state index contributed by atoms with van der Waals surface area (Å²) in [6.45, 7) is 0. The molecule has 0 amide bonds. The average Bonchev–Trinajstić information content (AvgIpc) is 2.59. The van der Waals surface area contributed by atoms with Crippen LogP contribution in [0.2, 0.25) is 0 Å². The number of benzene rings is 1. The summed E-state index contributed by atoms with van der Waals surface area (Å²) in [6.07, 6.45) is 1.34. The number of hydrogen-bond donors (Lipinski definition) is 2. The minimum absolute atomic E-state index is 0.414. The zero-order valence-electron chi connectivity index (χ0n) is 7.73. The Kier molecular flexibility index (Phi) is 2.33. The van der Waals surface area contributed by atoms with E-state index >= 15 is 0 Å². The number of aromatic nitrogens is 1. The SMILES string of the molecule is N[C@H](C=O)Cc1cc2ccccc2[nH]1. The average molecular weight is 188 g/mol. The fourth-order valence-electron chi connectivity index (χ4n) is 1.55. The summed E-state index contributed by atoms with van der Waals surface area (Å²) < 4.78 is 0. The molecule has 0 unspecified atom stereocenters. The van der Waals surface area contributed by atoms with Crippen LogP contribution >= 0.6 is 0 Å². The van der Waals surface area contributed by atoms with Crippen LogP contribution in [-0.2, 0) is 11.2 Å². The highest BCUT2D eigenvalue weighted by Gasteiger charge is 2.04. The largest absolute Gasteiger partial charge is 0.358 e. The highest BCUT2D eigenvalue weighted by Crippen LogP contribution is 2.14. The Bertz CT molecular complexity index is 414. The lowest BCUT2D eigenvalue weighted by atomic mass is 10.2. The molecule has 0 spiro atoms. The second kappa shape index (κ2) is 3.64. The van der Waals surface area contributed by atoms with E-state index in [1.54, 1.807) is 0 Å². The monoisotopic (exact) mass is 188 g/mol. The number of aromatic amines is 1. The van der Waals surface area contributed by atoms with E-state index < -0.39 is 6.04 Å². The van der Waals surface area contributed by atoms with Gasteiger partial charge in [0.25, 0.3) is 0 Å². The van der Waals surface area contributed by atoms with Gasteiger partial charge in [0.15, 0.2) is 0 Å². The molecule has 1 aromatic carbocycles. The molecule has 2 rings (SSSR count). The van der Waals surface area contributed by atoms with E-state index in [0.717, 1.165) is 22.9 Å². The van der Waals surface area contributed by atoms with Gasteiger partial charge in [-0.2, -0.15) is 0 Å². The third kappa shape index (κ3) is 1.67. The lowest BCUT2D eigenvalue weighted by Gasteiger charge is -1.99. The zero-order valence-corrected chi connectivity index (χ0v) is 7.73. The van der Waals surface area contributed by atoms with Crippen LogP contribution in [0.15, 0.2) is 30.3 Å². The molecule has 3 nitrogen and oxygen atoms in total. The van der Waals surface area contributed by atoms with Crippen molar-refractivity contribution in [1.82, 2.24) is 4.98 Å². The quantitative estimate of drug-likeness (QED) is 0.712. The van der Waals surface area contributed by atoms with E-state index in [1.807, 2.05) is 30.3 Å². The van der Waals surface area contributed by atoms with Crippen molar-refractivity contribution < 1.29 is 4.79 Å². The first kappa shape index (κ1) is 8.97. The molecule has 0 radical (unpaired) electrons. The molecule has 0 saturated heterocycles. The Morgan fingerprint density at radius 1 is 1.43 bits per heavy atom. The summed E-state index contributed by atoms with van der Waals surface area (Å²) in [4.78, 5) is 13.6. The summed E-state index contributed by atoms with van der Waals surface area (Å²) in [5.41, 5.74) is 7.63. The van der Waals surface area contributed by atoms with Gasteiger partial charge in [0, 0.05) is 17.6 Å². The van der Waals surface area contributed by atoms with Crippen molar-refractivity contribution in [3.05, 3.63) is 36.0 Å². The van der Waals surface area contributed by atoms with Gasteiger partial charge < -0.3 is 15.5 Å². The standard InChI is InChI=1S/C11H12N2O/c12-9(7-14)6-10-5-8-3-1-2-4-11(8)13-10/h1-5,7,9,13H,6,12H2/t9-/m0/s1. The molecule has 0 bridgehead atoms. The number of para-hydroxylation sites is 1. The Labute approximate surface area is 81.9 Å². The van der Waals surface area contributed by atoms with Gasteiger partial charge in [-0.25, -0.2) is 0 Å². The molecule has 0 fully saturated rings. The third-order valence-electron chi connectivity index (χ3n) is 2.22. The molecule has 3 N–H and O–H groups in total. The number of carbonyl (C=O) groups is 1. The Morgan fingerprint density at radius 3 is 2.93 bits per heavy atom. The van der Waals surface area contributed by atoms with E-state index in [0.29, 0.717) is 6.42 Å². The summed E-state index contributed by atoms with van der Waals surface area (Å²) in [7, 11) is 0. The van der Waals surface area contributed by atoms with Crippen molar-refractivity contribution in [3.8, 4) is 0 Å². The van der Waals surface area contributed by atoms with Crippen LogP contribution in [0, 0.1) is 0 Å². The number of rotatable bonds is 3. The second-order valence-electron chi connectivity index (χ2n) is 3.39. The first-order valence-electron chi connectivity index (χ1n) is 4.57. The van der Waals surface area contributed by atoms with Crippen molar-refractivity contribution in [1.29, 1.82) is 0 Å². The van der Waals surface area contributed by atoms with Crippen LogP contribution in [0.25, 0.3) is 10.9 Å². The molecule has 1 heterocycles. The molecule has 0 aliphatic carbocycles. The van der Waals surface area contributed by atoms with Crippen LogP contribution < -0.4 is 5.73 Å². The first-order valence-corrected chi connectivity index (χ1v) is 4.57. The number of nitrogens with one attached hydrogen (secondary N) is 1. The van der Waals surface area contributed by atoms with Gasteiger partial charge in [-0.3, -0.25) is 0 Å². The number of fused-ring (bicyclic) bond motifs is 1. The lowest BCUT2D eigenvalue weighted by Crippen LogP contribution is -2.24. The molecule has 72 valence electrons. The van der Waals surface area contributed by atoms with Gasteiger partial charge in [0.1, 0.15) is 6.29 Å². The molecule has 3 heteroatoms. The van der Waals surface area contributed by atoms with Gasteiger partial charge in [0.05, 0.1) is 6.04 Å². The fourth-order valence-corrected chi connectivity index (χ4v) is 1.55. The van der Waals surface area contributed by atoms with E-state index in [9.17, 15) is 4.79 Å². The van der Waals surface area contributed by atoms with Crippen LogP contribution in [0.5, 0.6) is 0 Å². The maximum atomic E-state index is 10.4. The topological polar surface area (TPSA) is 58.9 Å². The number of nitrogens with two attached hydrogens (primary N) is 1. The highest BCUT2D eigenvalue weighted by molar-refractivity contribution is 5.80. The Morgan fingerprint density at radius 2 is 2.21 bits per heavy atom. The fraction of sp³-hybridized carbons (Fsp3) is 0.182. The van der Waals surface area contributed by atoms with Gasteiger partial charge in [0.2, 0.25) is 0 Å². The number of carbonyl (C=O) groups excluding carboxylic acids is 1. The van der Waals surface area contributed by atoms with Crippen molar-refractivity contribution >= 4 is 17.2 Å². The highest BCUT2D eigenvalue weighted by atomic mass is 16.1. The molecule has 1 atom stereocenters. The molecule has 2 aromatic rings. The summed E-state index contributed by atoms with van der Waals surface area (Å²) in [6, 6.07) is 9.61. The van der Waals surface area contributed by atoms with Crippen molar-refractivity contribution in [2.24, 2.45) is 5.73 Å². The summed E-state index contributed by atoms with van der Waals surface area (Å²) in [5, 5.41) is 1.15. The second-order valence-corrected chi connectivity index (χ2v) is 3.39. The van der Waals surface area contributed by atoms with Gasteiger partial charge in [-0.05, 0) is 17.5 Å². The van der Waals surface area contributed by atoms with Crippen LogP contribution in [0.1, 0.15) is 5.69 Å². The van der Waals surface area contributed by atoms with Crippen molar-refractivity contribution in [3.63, 3.8) is 0 Å². The number of hydrogen-bond acceptors (Lipinski definition) is 2. The summed E-state index contributed by atoms with van der Waals surface area (Å²) >= 11 is 0. The Balaban J connectivity index is 2.31. The zero-order chi connectivity index (χ0) is 9.97. The van der Waals surface area contributed by atoms with E-state index in [2.05, 4.69) is 4.98 Å². The van der Waals surface area contributed by atoms with Crippen LogP contribution in [-0.4, -0.2) is 17.3 Å². The predicted molar refractivity (Wildman–Crippen MR) is 56.0 cm³/mol. The van der Waals surface area contributed by atoms with Crippen molar-refractivity contribution in [2.45, 2.75) is 12.5 Å². The molecule has 14 heavy (non-hydrogen) atoms. The van der Waals surface area contributed by atoms with Gasteiger partial charge in [-0.15, -0.1) is 0 Å². The molecular formula is C11H12N2O. The maximum Gasteiger partial charge on any atom is 0.137 e. The van der Waals surface area contributed by atoms with Crippen molar-refractivity contribution in [2.75, 3.05) is 0 Å². The summed E-state index contributed by atoms with van der Waals surface area (Å²) in [5.74, 6) is 0. The lowest BCUT2D eigenvalue weighted by molar-refractivity contribution is -0.108. The maximum absolute atomic E-state index is 10.4. The third-order valence-corrected chi connectivity index (χ3v) is 2.22. The number of aldehydes is 1. The molecule has 1 aromatic heterocycles. The number of H-pyrrole nitrogens is 1. The van der Waals surface area contributed by atoms with E-state index in [-0.39, 0.29) is 0 Å². The molecule has 0 saturated carbocycles. The molecule has 0 aliphatic heterocycles. The minimum atomic E-state index is -0.414. The minimum Gasteiger partial charge on any atom is -0.358 e. The predicted octanol–water partition coefficient (Wildman–Crippen LogP) is 1.24. The van der Waals surface area contributed by atoms with Gasteiger partial charge in [-0.1, -0.05) is 18.2 Å². The smallest absolute Gasteiger partial charge is 0.137 e. The van der Waals surface area contributed by atoms with E-state index in [4.69, 9.17) is 5.73 Å². The van der Waals surface area contributed by atoms with Gasteiger partial charge >= 0.3 is 0 Å². The van der Waals surface area contributed by atoms with E-state index in [1.165, 1.54) is 0 Å². The Hall–Kier alpha value is -1.61. The first-order chi connectivity index (χ1) is 6.79. The molecular weight excluding hydrogens is 176 g/mol. The van der Waals surface area contributed by atoms with Crippen LogP contribution in [0.3, 0.4) is 0 Å².